The van der Waals surface area contributed by atoms with Gasteiger partial charge in [0.05, 0.1) is 11.0 Å². The van der Waals surface area contributed by atoms with Crippen molar-refractivity contribution in [1.29, 1.82) is 0 Å². The number of amides is 2. The van der Waals surface area contributed by atoms with Crippen molar-refractivity contribution in [3.63, 3.8) is 0 Å². The van der Waals surface area contributed by atoms with Gasteiger partial charge >= 0.3 is 6.03 Å². The molecule has 1 aliphatic rings. The number of piperazine rings is 1. The summed E-state index contributed by atoms with van der Waals surface area (Å²) in [5.74, 6) is 0.979. The topological polar surface area (TPSA) is 53.4 Å². The van der Waals surface area contributed by atoms with Crippen molar-refractivity contribution in [2.24, 2.45) is 0 Å². The molecule has 0 bridgehead atoms. The van der Waals surface area contributed by atoms with Crippen molar-refractivity contribution in [2.45, 2.75) is 19.9 Å². The van der Waals surface area contributed by atoms with Crippen LogP contribution in [-0.2, 0) is 13.0 Å². The van der Waals surface area contributed by atoms with Crippen LogP contribution in [0.3, 0.4) is 0 Å². The van der Waals surface area contributed by atoms with E-state index in [0.717, 1.165) is 62.5 Å². The molecule has 0 aliphatic carbocycles. The zero-order chi connectivity index (χ0) is 20.1. The lowest BCUT2D eigenvalue weighted by Gasteiger charge is -2.34. The molecule has 152 valence electrons. The molecule has 2 amide bonds. The summed E-state index contributed by atoms with van der Waals surface area (Å²) in [5, 5.41) is 3.08. The van der Waals surface area contributed by atoms with Crippen LogP contribution >= 0.6 is 0 Å². The van der Waals surface area contributed by atoms with E-state index in [9.17, 15) is 4.79 Å². The highest BCUT2D eigenvalue weighted by Gasteiger charge is 2.20. The van der Waals surface area contributed by atoms with Gasteiger partial charge in [0.25, 0.3) is 0 Å². The van der Waals surface area contributed by atoms with E-state index in [2.05, 4.69) is 56.2 Å². The highest BCUT2D eigenvalue weighted by molar-refractivity contribution is 5.76. The molecule has 0 unspecified atom stereocenters. The first kappa shape index (κ1) is 19.5. The number of fused-ring (bicyclic) bond motifs is 1. The maximum Gasteiger partial charge on any atom is 0.317 e. The van der Waals surface area contributed by atoms with Crippen LogP contribution in [0.4, 0.5) is 4.79 Å². The quantitative estimate of drug-likeness (QED) is 0.703. The molecule has 29 heavy (non-hydrogen) atoms. The lowest BCUT2D eigenvalue weighted by Crippen LogP contribution is -2.52. The molecule has 1 N–H and O–H groups in total. The van der Waals surface area contributed by atoms with E-state index in [0.29, 0.717) is 6.54 Å². The number of carbonyl (C=O) groups is 1. The van der Waals surface area contributed by atoms with E-state index < -0.39 is 0 Å². The molecule has 0 spiro atoms. The largest absolute Gasteiger partial charge is 0.336 e. The summed E-state index contributed by atoms with van der Waals surface area (Å²) in [5.41, 5.74) is 3.49. The summed E-state index contributed by atoms with van der Waals surface area (Å²) in [4.78, 5) is 21.5. The summed E-state index contributed by atoms with van der Waals surface area (Å²) in [6.45, 7) is 7.84. The van der Waals surface area contributed by atoms with Gasteiger partial charge in [-0.25, -0.2) is 9.78 Å². The number of nitrogens with zero attached hydrogens (tertiary/aromatic N) is 4. The van der Waals surface area contributed by atoms with E-state index in [1.807, 2.05) is 30.0 Å². The molecule has 1 saturated heterocycles. The third kappa shape index (κ3) is 4.77. The summed E-state index contributed by atoms with van der Waals surface area (Å²) in [6, 6.07) is 18.7. The minimum absolute atomic E-state index is 0.0368. The van der Waals surface area contributed by atoms with E-state index in [-0.39, 0.29) is 6.03 Å². The van der Waals surface area contributed by atoms with Crippen LogP contribution in [0.1, 0.15) is 11.4 Å². The molecule has 6 nitrogen and oxygen atoms in total. The molecule has 0 atom stereocenters. The first-order valence-electron chi connectivity index (χ1n) is 10.4. The third-order valence-corrected chi connectivity index (χ3v) is 5.68. The van der Waals surface area contributed by atoms with Crippen molar-refractivity contribution in [2.75, 3.05) is 39.3 Å². The van der Waals surface area contributed by atoms with Gasteiger partial charge in [0.15, 0.2) is 0 Å². The van der Waals surface area contributed by atoms with Crippen LogP contribution in [0, 0.1) is 6.92 Å². The molecule has 4 rings (SSSR count). The van der Waals surface area contributed by atoms with Gasteiger partial charge in [0.1, 0.15) is 5.82 Å². The van der Waals surface area contributed by atoms with Gasteiger partial charge in [-0.2, -0.15) is 0 Å². The number of aromatic nitrogens is 2. The Hall–Kier alpha value is -2.86. The van der Waals surface area contributed by atoms with Gasteiger partial charge in [0, 0.05) is 45.8 Å². The van der Waals surface area contributed by atoms with E-state index in [1.165, 1.54) is 5.56 Å². The summed E-state index contributed by atoms with van der Waals surface area (Å²) >= 11 is 0. The fourth-order valence-corrected chi connectivity index (χ4v) is 3.97. The number of benzene rings is 2. The Kier molecular flexibility index (Phi) is 6.10. The molecule has 1 aliphatic heterocycles. The molecule has 0 saturated carbocycles. The second-order valence-corrected chi connectivity index (χ2v) is 7.60. The van der Waals surface area contributed by atoms with Gasteiger partial charge in [0.2, 0.25) is 0 Å². The standard InChI is InChI=1S/C23H29N5O/c1-19-25-21-9-5-6-10-22(21)28(19)14-12-24-23(29)27-17-15-26(16-18-27)13-11-20-7-3-2-4-8-20/h2-10H,11-18H2,1H3,(H,24,29). The van der Waals surface area contributed by atoms with Crippen molar-refractivity contribution in [3.8, 4) is 0 Å². The monoisotopic (exact) mass is 391 g/mol. The zero-order valence-electron chi connectivity index (χ0n) is 17.1. The fraction of sp³-hybridized carbons (Fsp3) is 0.391. The lowest BCUT2D eigenvalue weighted by molar-refractivity contribution is 0.140. The number of hydrogen-bond donors (Lipinski definition) is 1. The van der Waals surface area contributed by atoms with Gasteiger partial charge < -0.3 is 14.8 Å². The minimum Gasteiger partial charge on any atom is -0.336 e. The van der Waals surface area contributed by atoms with Gasteiger partial charge in [-0.15, -0.1) is 0 Å². The van der Waals surface area contributed by atoms with Gasteiger partial charge in [-0.1, -0.05) is 42.5 Å². The SMILES string of the molecule is Cc1nc2ccccc2n1CCNC(=O)N1CCN(CCc2ccccc2)CC1. The van der Waals surface area contributed by atoms with Crippen LogP contribution in [0.2, 0.25) is 0 Å². The first-order valence-corrected chi connectivity index (χ1v) is 10.4. The molecule has 2 aromatic carbocycles. The van der Waals surface area contributed by atoms with Crippen molar-refractivity contribution in [1.82, 2.24) is 24.7 Å². The fourth-order valence-electron chi connectivity index (χ4n) is 3.97. The Bertz CT molecular complexity index is 944. The van der Waals surface area contributed by atoms with Crippen molar-refractivity contribution < 1.29 is 4.79 Å². The Morgan fingerprint density at radius 1 is 0.966 bits per heavy atom. The minimum atomic E-state index is 0.0368. The second-order valence-electron chi connectivity index (χ2n) is 7.60. The average molecular weight is 392 g/mol. The maximum absolute atomic E-state index is 12.5. The van der Waals surface area contributed by atoms with Crippen LogP contribution in [-0.4, -0.2) is 64.7 Å². The van der Waals surface area contributed by atoms with Gasteiger partial charge in [-0.05, 0) is 31.0 Å². The number of aryl methyl sites for hydroxylation is 1. The van der Waals surface area contributed by atoms with Crippen LogP contribution in [0.25, 0.3) is 11.0 Å². The molecule has 0 radical (unpaired) electrons. The van der Waals surface area contributed by atoms with E-state index in [4.69, 9.17) is 0 Å². The number of para-hydroxylation sites is 2. The molecular formula is C23H29N5O. The molecule has 6 heteroatoms. The van der Waals surface area contributed by atoms with Crippen molar-refractivity contribution >= 4 is 17.1 Å². The summed E-state index contributed by atoms with van der Waals surface area (Å²) in [6.07, 6.45) is 1.06. The normalized spacial score (nSPS) is 15.0. The van der Waals surface area contributed by atoms with Crippen LogP contribution in [0.5, 0.6) is 0 Å². The average Bonchev–Trinajstić information content (AvgIpc) is 3.08. The number of rotatable bonds is 6. The Morgan fingerprint density at radius 2 is 1.69 bits per heavy atom. The maximum atomic E-state index is 12.5. The Labute approximate surface area is 172 Å². The highest BCUT2D eigenvalue weighted by Crippen LogP contribution is 2.14. The Balaban J connectivity index is 1.20. The predicted octanol–water partition coefficient (Wildman–Crippen LogP) is 2.91. The molecule has 3 aromatic rings. The first-order chi connectivity index (χ1) is 14.2. The number of imidazole rings is 1. The number of urea groups is 1. The summed E-state index contributed by atoms with van der Waals surface area (Å²) in [7, 11) is 0. The van der Waals surface area contributed by atoms with Crippen molar-refractivity contribution in [3.05, 3.63) is 66.0 Å². The van der Waals surface area contributed by atoms with E-state index in [1.54, 1.807) is 0 Å². The van der Waals surface area contributed by atoms with Gasteiger partial charge in [-0.3, -0.25) is 4.90 Å². The Morgan fingerprint density at radius 3 is 2.48 bits per heavy atom. The second kappa shape index (κ2) is 9.09. The lowest BCUT2D eigenvalue weighted by atomic mass is 10.1. The van der Waals surface area contributed by atoms with E-state index >= 15 is 0 Å². The summed E-state index contributed by atoms with van der Waals surface area (Å²) < 4.78 is 2.16. The van der Waals surface area contributed by atoms with Crippen LogP contribution in [0.15, 0.2) is 54.6 Å². The van der Waals surface area contributed by atoms with Crippen LogP contribution < -0.4 is 5.32 Å². The molecule has 1 aromatic heterocycles. The molecule has 2 heterocycles. The molecular weight excluding hydrogens is 362 g/mol. The number of hydrogen-bond acceptors (Lipinski definition) is 3. The zero-order valence-corrected chi connectivity index (χ0v) is 17.1. The predicted molar refractivity (Wildman–Crippen MR) is 116 cm³/mol. The molecule has 1 fully saturated rings. The highest BCUT2D eigenvalue weighted by atomic mass is 16.2. The number of carbonyl (C=O) groups excluding carboxylic acids is 1. The third-order valence-electron chi connectivity index (χ3n) is 5.68. The number of nitrogens with one attached hydrogen (secondary N) is 1. The smallest absolute Gasteiger partial charge is 0.317 e.